The van der Waals surface area contributed by atoms with Gasteiger partial charge in [-0.3, -0.25) is 9.59 Å². The zero-order chi connectivity index (χ0) is 13.3. The molecule has 2 unspecified atom stereocenters. The second kappa shape index (κ2) is 5.01. The van der Waals surface area contributed by atoms with Crippen molar-refractivity contribution in [3.05, 3.63) is 11.0 Å². The Morgan fingerprint density at radius 1 is 1.61 bits per heavy atom. The molecule has 2 aliphatic heterocycles. The number of carboxylic acid groups (broad SMARTS) is 1. The van der Waals surface area contributed by atoms with Crippen LogP contribution in [0.1, 0.15) is 13.3 Å². The fourth-order valence-electron chi connectivity index (χ4n) is 2.06. The molecule has 0 aromatic rings. The van der Waals surface area contributed by atoms with E-state index in [9.17, 15) is 14.4 Å². The average molecular weight is 271 g/mol. The number of hydrogen-bond acceptors (Lipinski definition) is 5. The van der Waals surface area contributed by atoms with Crippen molar-refractivity contribution in [3.63, 3.8) is 0 Å². The minimum Gasteiger partial charge on any atom is -0.479 e. The Hall–Kier alpha value is -1.50. The summed E-state index contributed by atoms with van der Waals surface area (Å²) in [6, 6.07) is -0.937. The SMILES string of the molecule is CC(=O)OCCSC1=CC2CC(=O)N2C1C(=O)O. The predicted octanol–water partition coefficient (Wildman–Crippen LogP) is 0.234. The van der Waals surface area contributed by atoms with Gasteiger partial charge >= 0.3 is 11.9 Å². The van der Waals surface area contributed by atoms with Gasteiger partial charge in [0.2, 0.25) is 5.91 Å². The molecule has 0 radical (unpaired) electrons. The predicted molar refractivity (Wildman–Crippen MR) is 63.8 cm³/mol. The molecule has 0 saturated carbocycles. The summed E-state index contributed by atoms with van der Waals surface area (Å²) < 4.78 is 4.77. The van der Waals surface area contributed by atoms with Gasteiger partial charge in [-0.05, 0) is 6.08 Å². The van der Waals surface area contributed by atoms with Gasteiger partial charge in [0.05, 0.1) is 12.5 Å². The van der Waals surface area contributed by atoms with E-state index in [-0.39, 0.29) is 24.5 Å². The Balaban J connectivity index is 1.91. The summed E-state index contributed by atoms with van der Waals surface area (Å²) in [6.45, 7) is 1.56. The van der Waals surface area contributed by atoms with Crippen LogP contribution in [-0.4, -0.2) is 52.3 Å². The maximum absolute atomic E-state index is 11.3. The first-order valence-electron chi connectivity index (χ1n) is 5.52. The van der Waals surface area contributed by atoms with Crippen molar-refractivity contribution in [2.45, 2.75) is 25.4 Å². The second-order valence-electron chi connectivity index (χ2n) is 4.07. The maximum atomic E-state index is 11.3. The van der Waals surface area contributed by atoms with Gasteiger partial charge in [0.15, 0.2) is 6.04 Å². The number of esters is 1. The first-order valence-corrected chi connectivity index (χ1v) is 6.51. The Morgan fingerprint density at radius 3 is 2.89 bits per heavy atom. The van der Waals surface area contributed by atoms with Crippen LogP contribution in [0.25, 0.3) is 0 Å². The fourth-order valence-corrected chi connectivity index (χ4v) is 3.09. The van der Waals surface area contributed by atoms with Crippen molar-refractivity contribution in [1.29, 1.82) is 0 Å². The van der Waals surface area contributed by atoms with Crippen LogP contribution in [0.5, 0.6) is 0 Å². The number of rotatable bonds is 5. The third-order valence-corrected chi connectivity index (χ3v) is 3.89. The van der Waals surface area contributed by atoms with Crippen molar-refractivity contribution in [1.82, 2.24) is 4.90 Å². The van der Waals surface area contributed by atoms with Crippen molar-refractivity contribution in [2.24, 2.45) is 0 Å². The number of hydrogen-bond donors (Lipinski definition) is 1. The first-order chi connectivity index (χ1) is 8.50. The highest BCUT2D eigenvalue weighted by Gasteiger charge is 2.49. The van der Waals surface area contributed by atoms with Crippen LogP contribution in [0.3, 0.4) is 0 Å². The third kappa shape index (κ3) is 2.35. The number of thioether (sulfide) groups is 1. The number of ether oxygens (including phenoxy) is 1. The molecule has 0 spiro atoms. The zero-order valence-corrected chi connectivity index (χ0v) is 10.6. The van der Waals surface area contributed by atoms with Gasteiger partial charge in [-0.15, -0.1) is 11.8 Å². The summed E-state index contributed by atoms with van der Waals surface area (Å²) in [5.41, 5.74) is 0. The number of fused-ring (bicyclic) bond motifs is 1. The number of nitrogens with zero attached hydrogens (tertiary/aromatic N) is 1. The molecule has 1 N–H and O–H groups in total. The van der Waals surface area contributed by atoms with E-state index in [4.69, 9.17) is 9.84 Å². The molecule has 7 heteroatoms. The Labute approximate surface area is 108 Å². The normalized spacial score (nSPS) is 25.3. The number of carbonyl (C=O) groups excluding carboxylic acids is 2. The summed E-state index contributed by atoms with van der Waals surface area (Å²) in [5.74, 6) is -1.01. The van der Waals surface area contributed by atoms with Crippen LogP contribution in [0.15, 0.2) is 11.0 Å². The van der Waals surface area contributed by atoms with Crippen molar-refractivity contribution < 1.29 is 24.2 Å². The van der Waals surface area contributed by atoms with Gasteiger partial charge in [-0.2, -0.15) is 0 Å². The van der Waals surface area contributed by atoms with Crippen molar-refractivity contribution >= 4 is 29.6 Å². The summed E-state index contributed by atoms with van der Waals surface area (Å²) in [7, 11) is 0. The lowest BCUT2D eigenvalue weighted by atomic mass is 10.0. The van der Waals surface area contributed by atoms with Gasteiger partial charge in [0.1, 0.15) is 6.61 Å². The molecule has 0 aliphatic carbocycles. The third-order valence-electron chi connectivity index (χ3n) is 2.82. The monoisotopic (exact) mass is 271 g/mol. The van der Waals surface area contributed by atoms with E-state index in [1.54, 1.807) is 0 Å². The number of aliphatic carboxylic acids is 1. The van der Waals surface area contributed by atoms with Crippen molar-refractivity contribution in [2.75, 3.05) is 12.4 Å². The van der Waals surface area contributed by atoms with Gasteiger partial charge in [0, 0.05) is 17.6 Å². The lowest BCUT2D eigenvalue weighted by Crippen LogP contribution is -2.55. The largest absolute Gasteiger partial charge is 0.479 e. The van der Waals surface area contributed by atoms with E-state index in [0.717, 1.165) is 0 Å². The fraction of sp³-hybridized carbons (Fsp3) is 0.545. The lowest BCUT2D eigenvalue weighted by Gasteiger charge is -2.37. The molecule has 2 atom stereocenters. The van der Waals surface area contributed by atoms with Crippen molar-refractivity contribution in [3.8, 4) is 0 Å². The quantitative estimate of drug-likeness (QED) is 0.438. The minimum atomic E-state index is -1.02. The number of carbonyl (C=O) groups is 3. The van der Waals surface area contributed by atoms with Crippen LogP contribution in [0, 0.1) is 0 Å². The molecule has 1 fully saturated rings. The van der Waals surface area contributed by atoms with Crippen LogP contribution in [0.4, 0.5) is 0 Å². The Morgan fingerprint density at radius 2 is 2.33 bits per heavy atom. The molecule has 2 heterocycles. The molecule has 0 bridgehead atoms. The van der Waals surface area contributed by atoms with E-state index in [0.29, 0.717) is 17.1 Å². The standard InChI is InChI=1S/C11H13NO5S/c1-6(13)17-2-3-18-8-4-7-5-9(14)12(7)10(8)11(15)16/h4,7,10H,2-3,5H2,1H3,(H,15,16). The highest BCUT2D eigenvalue weighted by Crippen LogP contribution is 2.39. The van der Waals surface area contributed by atoms with Crippen LogP contribution in [0.2, 0.25) is 0 Å². The maximum Gasteiger partial charge on any atom is 0.331 e. The average Bonchev–Trinajstić information content (AvgIpc) is 2.57. The number of amides is 1. The molecule has 2 rings (SSSR count). The molecule has 2 aliphatic rings. The van der Waals surface area contributed by atoms with E-state index in [1.165, 1.54) is 23.6 Å². The van der Waals surface area contributed by atoms with Gasteiger partial charge in [-0.1, -0.05) is 0 Å². The Bertz CT molecular complexity index is 433. The number of β-lactam (4-membered cyclic amide) rings is 1. The van der Waals surface area contributed by atoms with E-state index in [2.05, 4.69) is 0 Å². The highest BCUT2D eigenvalue weighted by molar-refractivity contribution is 8.03. The smallest absolute Gasteiger partial charge is 0.331 e. The molecule has 1 saturated heterocycles. The molecule has 1 amide bonds. The summed E-state index contributed by atoms with van der Waals surface area (Å²) in [5, 5.41) is 9.13. The van der Waals surface area contributed by atoms with E-state index >= 15 is 0 Å². The summed E-state index contributed by atoms with van der Waals surface area (Å²) in [4.78, 5) is 35.1. The first kappa shape index (κ1) is 12.9. The molecule has 98 valence electrons. The highest BCUT2D eigenvalue weighted by atomic mass is 32.2. The van der Waals surface area contributed by atoms with Crippen LogP contribution >= 0.6 is 11.8 Å². The molecule has 0 aromatic carbocycles. The topological polar surface area (TPSA) is 83.9 Å². The van der Waals surface area contributed by atoms with Gasteiger partial charge < -0.3 is 14.7 Å². The number of carboxylic acids is 1. The zero-order valence-electron chi connectivity index (χ0n) is 9.79. The summed E-state index contributed by atoms with van der Waals surface area (Å²) >= 11 is 1.32. The molecule has 18 heavy (non-hydrogen) atoms. The Kier molecular flexibility index (Phi) is 3.60. The molecular formula is C11H13NO5S. The van der Waals surface area contributed by atoms with E-state index in [1.807, 2.05) is 6.08 Å². The minimum absolute atomic E-state index is 0.0742. The molecule has 0 aromatic heterocycles. The summed E-state index contributed by atoms with van der Waals surface area (Å²) in [6.07, 6.45) is 2.20. The van der Waals surface area contributed by atoms with E-state index < -0.39 is 12.0 Å². The van der Waals surface area contributed by atoms with Gasteiger partial charge in [0.25, 0.3) is 0 Å². The van der Waals surface area contributed by atoms with Crippen LogP contribution < -0.4 is 0 Å². The van der Waals surface area contributed by atoms with Crippen LogP contribution in [-0.2, 0) is 19.1 Å². The molecular weight excluding hydrogens is 258 g/mol. The lowest BCUT2D eigenvalue weighted by molar-refractivity contribution is -0.155. The van der Waals surface area contributed by atoms with Gasteiger partial charge in [-0.25, -0.2) is 4.79 Å². The molecule has 6 nitrogen and oxygen atoms in total. The second-order valence-corrected chi connectivity index (χ2v) is 5.24.